The molecule has 10 heteroatoms. The number of rotatable bonds is 4. The summed E-state index contributed by atoms with van der Waals surface area (Å²) in [5.74, 6) is 0.877. The molecule has 1 aromatic carbocycles. The van der Waals surface area contributed by atoms with Crippen LogP contribution in [-0.4, -0.2) is 27.1 Å². The fraction of sp³-hybridized carbons (Fsp3) is 0.211. The van der Waals surface area contributed by atoms with Crippen LogP contribution in [0.1, 0.15) is 36.9 Å². The van der Waals surface area contributed by atoms with E-state index in [2.05, 4.69) is 31.1 Å². The third-order valence-corrected chi connectivity index (χ3v) is 3.85. The molecule has 0 aliphatic rings. The van der Waals surface area contributed by atoms with Crippen molar-refractivity contribution in [3.05, 3.63) is 54.0 Å². The number of hydrogen-bond acceptors (Lipinski definition) is 7. The van der Waals surface area contributed by atoms with Gasteiger partial charge in [-0.1, -0.05) is 25.9 Å². The highest BCUT2D eigenvalue weighted by Gasteiger charge is 2.20. The first-order valence-electron chi connectivity index (χ1n) is 8.75. The number of nitrogens with zero attached hydrogens (tertiary/aromatic N) is 3. The molecule has 29 heavy (non-hydrogen) atoms. The molecule has 3 amide bonds. The third kappa shape index (κ3) is 5.06. The quantitative estimate of drug-likeness (QED) is 0.530. The first-order chi connectivity index (χ1) is 13.7. The lowest BCUT2D eigenvalue weighted by Gasteiger charge is -2.12. The molecule has 5 N–H and O–H groups in total. The molecule has 2 aromatic heterocycles. The van der Waals surface area contributed by atoms with Crippen LogP contribution in [-0.2, 0) is 5.41 Å². The molecule has 0 spiro atoms. The molecule has 0 bridgehead atoms. The fourth-order valence-corrected chi connectivity index (χ4v) is 2.30. The number of carbonyl (C=O) groups excluding carboxylic acids is 2. The van der Waals surface area contributed by atoms with Crippen LogP contribution in [0, 0.1) is 0 Å². The van der Waals surface area contributed by atoms with Gasteiger partial charge in [0.05, 0.1) is 0 Å². The average Bonchev–Trinajstić information content (AvgIpc) is 3.13. The summed E-state index contributed by atoms with van der Waals surface area (Å²) in [6, 6.07) is 7.50. The van der Waals surface area contributed by atoms with Crippen molar-refractivity contribution in [3.8, 4) is 0 Å². The second kappa shape index (κ2) is 7.97. The molecule has 3 rings (SSSR count). The molecular formula is C19H21N7O3. The Labute approximate surface area is 166 Å². The van der Waals surface area contributed by atoms with Gasteiger partial charge in [0, 0.05) is 35.1 Å². The number of nitrogens with one attached hydrogen (secondary N) is 3. The zero-order chi connectivity index (χ0) is 21.0. The minimum absolute atomic E-state index is 0.123. The van der Waals surface area contributed by atoms with Gasteiger partial charge in [0.15, 0.2) is 17.5 Å². The Kier molecular flexibility index (Phi) is 5.44. The zero-order valence-corrected chi connectivity index (χ0v) is 16.2. The van der Waals surface area contributed by atoms with Gasteiger partial charge >= 0.3 is 6.03 Å². The van der Waals surface area contributed by atoms with Crippen molar-refractivity contribution < 1.29 is 14.1 Å². The summed E-state index contributed by atoms with van der Waals surface area (Å²) in [7, 11) is 0. The summed E-state index contributed by atoms with van der Waals surface area (Å²) in [5, 5.41) is 11.7. The van der Waals surface area contributed by atoms with Crippen molar-refractivity contribution in [1.29, 1.82) is 0 Å². The smallest absolute Gasteiger partial charge is 0.324 e. The predicted octanol–water partition coefficient (Wildman–Crippen LogP) is 3.24. The summed E-state index contributed by atoms with van der Waals surface area (Å²) in [5.41, 5.74) is 6.31. The molecule has 10 nitrogen and oxygen atoms in total. The molecule has 0 aliphatic carbocycles. The van der Waals surface area contributed by atoms with Crippen LogP contribution in [0.3, 0.4) is 0 Å². The van der Waals surface area contributed by atoms with Gasteiger partial charge in [-0.15, -0.1) is 0 Å². The Balaban J connectivity index is 1.58. The maximum absolute atomic E-state index is 12.3. The van der Waals surface area contributed by atoms with Gasteiger partial charge in [-0.2, -0.15) is 0 Å². The van der Waals surface area contributed by atoms with E-state index in [-0.39, 0.29) is 17.1 Å². The Morgan fingerprint density at radius 2 is 1.69 bits per heavy atom. The summed E-state index contributed by atoms with van der Waals surface area (Å²) < 4.78 is 5.22. The fourth-order valence-electron chi connectivity index (χ4n) is 2.30. The van der Waals surface area contributed by atoms with Gasteiger partial charge < -0.3 is 20.9 Å². The minimum Gasteiger partial charge on any atom is -0.381 e. The van der Waals surface area contributed by atoms with Crippen LogP contribution in [0.5, 0.6) is 0 Å². The molecule has 0 fully saturated rings. The van der Waals surface area contributed by atoms with Gasteiger partial charge in [-0.25, -0.2) is 14.8 Å². The van der Waals surface area contributed by atoms with Crippen molar-refractivity contribution >= 4 is 35.1 Å². The Hall–Kier alpha value is -3.95. The van der Waals surface area contributed by atoms with Gasteiger partial charge in [0.25, 0.3) is 5.91 Å². The van der Waals surface area contributed by atoms with Crippen LogP contribution in [0.25, 0.3) is 0 Å². The van der Waals surface area contributed by atoms with Crippen molar-refractivity contribution in [1.82, 2.24) is 15.1 Å². The van der Waals surface area contributed by atoms with Crippen molar-refractivity contribution in [2.45, 2.75) is 26.2 Å². The molecule has 0 saturated carbocycles. The monoisotopic (exact) mass is 395 g/mol. The van der Waals surface area contributed by atoms with Crippen LogP contribution < -0.4 is 21.7 Å². The molecule has 2 heterocycles. The number of hydrogen-bond donors (Lipinski definition) is 4. The number of nitrogen functional groups attached to an aromatic ring is 1. The number of nitrogens with two attached hydrogens (primary N) is 1. The molecule has 150 valence electrons. The number of carbonyl (C=O) groups is 2. The Morgan fingerprint density at radius 1 is 1.00 bits per heavy atom. The van der Waals surface area contributed by atoms with Crippen LogP contribution in [0.2, 0.25) is 0 Å². The SMILES string of the molecule is CC(C)(C)c1cc(NC(=O)Nc2ccc(C(=O)Nc3nccnc3N)cc2)no1. The van der Waals surface area contributed by atoms with Gasteiger partial charge in [-0.05, 0) is 24.3 Å². The van der Waals surface area contributed by atoms with E-state index >= 15 is 0 Å². The Bertz CT molecular complexity index is 1020. The van der Waals surface area contributed by atoms with Crippen LogP contribution in [0.4, 0.5) is 27.9 Å². The van der Waals surface area contributed by atoms with Crippen LogP contribution in [0.15, 0.2) is 47.2 Å². The average molecular weight is 395 g/mol. The van der Waals surface area contributed by atoms with E-state index < -0.39 is 11.9 Å². The van der Waals surface area contributed by atoms with E-state index in [1.807, 2.05) is 20.8 Å². The molecular weight excluding hydrogens is 374 g/mol. The first-order valence-corrected chi connectivity index (χ1v) is 8.75. The summed E-state index contributed by atoms with van der Waals surface area (Å²) >= 11 is 0. The largest absolute Gasteiger partial charge is 0.381 e. The molecule has 0 unspecified atom stereocenters. The third-order valence-electron chi connectivity index (χ3n) is 3.85. The number of amides is 3. The molecule has 0 aliphatic heterocycles. The van der Waals surface area contributed by atoms with E-state index in [9.17, 15) is 9.59 Å². The first kappa shape index (κ1) is 19.8. The lowest BCUT2D eigenvalue weighted by Crippen LogP contribution is -2.20. The van der Waals surface area contributed by atoms with E-state index in [0.717, 1.165) is 0 Å². The molecule has 3 aromatic rings. The van der Waals surface area contributed by atoms with E-state index in [1.165, 1.54) is 12.4 Å². The minimum atomic E-state index is -0.483. The number of aromatic nitrogens is 3. The lowest BCUT2D eigenvalue weighted by atomic mass is 9.93. The number of urea groups is 1. The number of benzene rings is 1. The highest BCUT2D eigenvalue weighted by Crippen LogP contribution is 2.24. The van der Waals surface area contributed by atoms with Crippen molar-refractivity contribution in [2.75, 3.05) is 21.7 Å². The van der Waals surface area contributed by atoms with Crippen molar-refractivity contribution in [3.63, 3.8) is 0 Å². The highest BCUT2D eigenvalue weighted by molar-refractivity contribution is 6.05. The van der Waals surface area contributed by atoms with E-state index in [1.54, 1.807) is 30.3 Å². The van der Waals surface area contributed by atoms with Gasteiger partial charge in [0.1, 0.15) is 5.76 Å². The van der Waals surface area contributed by atoms with E-state index in [0.29, 0.717) is 22.8 Å². The maximum Gasteiger partial charge on any atom is 0.324 e. The highest BCUT2D eigenvalue weighted by atomic mass is 16.5. The normalized spacial score (nSPS) is 11.0. The second-order valence-electron chi connectivity index (χ2n) is 7.23. The Morgan fingerprint density at radius 3 is 2.31 bits per heavy atom. The molecule has 0 radical (unpaired) electrons. The summed E-state index contributed by atoms with van der Waals surface area (Å²) in [4.78, 5) is 32.2. The van der Waals surface area contributed by atoms with Crippen LogP contribution >= 0.6 is 0 Å². The predicted molar refractivity (Wildman–Crippen MR) is 109 cm³/mol. The lowest BCUT2D eigenvalue weighted by molar-refractivity contribution is 0.102. The number of anilines is 4. The van der Waals surface area contributed by atoms with Crippen molar-refractivity contribution in [2.24, 2.45) is 0 Å². The topological polar surface area (TPSA) is 148 Å². The maximum atomic E-state index is 12.3. The molecule has 0 saturated heterocycles. The van der Waals surface area contributed by atoms with Gasteiger partial charge in [0.2, 0.25) is 0 Å². The molecule has 0 atom stereocenters. The summed E-state index contributed by atoms with van der Waals surface area (Å²) in [6.07, 6.45) is 2.86. The summed E-state index contributed by atoms with van der Waals surface area (Å²) in [6.45, 7) is 5.94. The zero-order valence-electron chi connectivity index (χ0n) is 16.2. The van der Waals surface area contributed by atoms with E-state index in [4.69, 9.17) is 10.3 Å². The second-order valence-corrected chi connectivity index (χ2v) is 7.23. The standard InChI is InChI=1S/C19H21N7O3/c1-19(2,3)13-10-14(26-29-13)24-18(28)23-12-6-4-11(5-7-12)17(27)25-16-15(20)21-8-9-22-16/h4-10H,1-3H3,(H2,20,21)(H,22,25,27)(H2,23,24,26,28). The van der Waals surface area contributed by atoms with Gasteiger partial charge in [-0.3, -0.25) is 10.1 Å².